The van der Waals surface area contributed by atoms with Gasteiger partial charge in [0.1, 0.15) is 5.82 Å². The second-order valence-corrected chi connectivity index (χ2v) is 4.91. The second kappa shape index (κ2) is 4.45. The van der Waals surface area contributed by atoms with E-state index in [1.807, 2.05) is 12.1 Å². The Labute approximate surface area is 107 Å². The first-order chi connectivity index (χ1) is 8.74. The van der Waals surface area contributed by atoms with Crippen LogP contribution in [-0.2, 0) is 0 Å². The van der Waals surface area contributed by atoms with Crippen LogP contribution in [0.5, 0.6) is 0 Å². The minimum atomic E-state index is -0.170. The fourth-order valence-corrected chi connectivity index (χ4v) is 2.68. The van der Waals surface area contributed by atoms with Crippen molar-refractivity contribution >= 4 is 5.69 Å². The van der Waals surface area contributed by atoms with Gasteiger partial charge >= 0.3 is 0 Å². The van der Waals surface area contributed by atoms with Crippen molar-refractivity contribution in [3.8, 4) is 0 Å². The van der Waals surface area contributed by atoms with Crippen LogP contribution in [0.3, 0.4) is 0 Å². The van der Waals surface area contributed by atoms with Gasteiger partial charge in [-0.15, -0.1) is 0 Å². The molecule has 0 fully saturated rings. The van der Waals surface area contributed by atoms with E-state index in [1.165, 1.54) is 22.4 Å². The SMILES string of the molecule is Cc1ccc2c(c1)NCCC2c1ccc(F)cc1. The molecule has 1 nitrogen and oxygen atoms in total. The lowest BCUT2D eigenvalue weighted by Gasteiger charge is -2.27. The van der Waals surface area contributed by atoms with Crippen LogP contribution >= 0.6 is 0 Å². The number of hydrogen-bond donors (Lipinski definition) is 1. The van der Waals surface area contributed by atoms with Crippen molar-refractivity contribution in [2.24, 2.45) is 0 Å². The average Bonchev–Trinajstić information content (AvgIpc) is 2.38. The number of aryl methyl sites for hydroxylation is 1. The number of halogens is 1. The summed E-state index contributed by atoms with van der Waals surface area (Å²) in [5.41, 5.74) is 5.00. The van der Waals surface area contributed by atoms with Crippen molar-refractivity contribution in [2.45, 2.75) is 19.3 Å². The molecule has 3 rings (SSSR count). The van der Waals surface area contributed by atoms with Gasteiger partial charge in [0.05, 0.1) is 0 Å². The quantitative estimate of drug-likeness (QED) is 0.793. The molecule has 0 saturated heterocycles. The summed E-state index contributed by atoms with van der Waals surface area (Å²) in [7, 11) is 0. The van der Waals surface area contributed by atoms with E-state index in [0.29, 0.717) is 5.92 Å². The van der Waals surface area contributed by atoms with Crippen LogP contribution in [0, 0.1) is 12.7 Å². The standard InChI is InChI=1S/C16H16FN/c1-11-2-7-15-14(8-9-18-16(15)10-11)12-3-5-13(17)6-4-12/h2-7,10,14,18H,8-9H2,1H3. The smallest absolute Gasteiger partial charge is 0.123 e. The molecule has 0 amide bonds. The van der Waals surface area contributed by atoms with E-state index >= 15 is 0 Å². The van der Waals surface area contributed by atoms with Gasteiger partial charge in [0.25, 0.3) is 0 Å². The van der Waals surface area contributed by atoms with Crippen molar-refractivity contribution in [3.05, 3.63) is 65.0 Å². The first-order valence-electron chi connectivity index (χ1n) is 6.34. The van der Waals surface area contributed by atoms with E-state index in [1.54, 1.807) is 12.1 Å². The summed E-state index contributed by atoms with van der Waals surface area (Å²) in [6, 6.07) is 13.4. The fraction of sp³-hybridized carbons (Fsp3) is 0.250. The van der Waals surface area contributed by atoms with Gasteiger partial charge in [-0.1, -0.05) is 24.3 Å². The van der Waals surface area contributed by atoms with E-state index in [-0.39, 0.29) is 5.82 Å². The molecule has 1 N–H and O–H groups in total. The highest BCUT2D eigenvalue weighted by Crippen LogP contribution is 2.36. The van der Waals surface area contributed by atoms with Crippen molar-refractivity contribution in [1.29, 1.82) is 0 Å². The van der Waals surface area contributed by atoms with Crippen molar-refractivity contribution in [1.82, 2.24) is 0 Å². The normalized spacial score (nSPS) is 18.0. The topological polar surface area (TPSA) is 12.0 Å². The summed E-state index contributed by atoms with van der Waals surface area (Å²) in [4.78, 5) is 0. The van der Waals surface area contributed by atoms with Gasteiger partial charge in [-0.3, -0.25) is 0 Å². The first kappa shape index (κ1) is 11.3. The van der Waals surface area contributed by atoms with Crippen LogP contribution in [0.15, 0.2) is 42.5 Å². The number of anilines is 1. The Morgan fingerprint density at radius 1 is 1.11 bits per heavy atom. The number of hydrogen-bond acceptors (Lipinski definition) is 1. The number of benzene rings is 2. The second-order valence-electron chi connectivity index (χ2n) is 4.91. The third-order valence-corrected chi connectivity index (χ3v) is 3.61. The molecule has 0 spiro atoms. The van der Waals surface area contributed by atoms with Gasteiger partial charge in [0.15, 0.2) is 0 Å². The van der Waals surface area contributed by atoms with Gasteiger partial charge in [-0.2, -0.15) is 0 Å². The fourth-order valence-electron chi connectivity index (χ4n) is 2.68. The molecule has 0 aliphatic carbocycles. The van der Waals surface area contributed by atoms with Gasteiger partial charge in [0, 0.05) is 18.2 Å². The van der Waals surface area contributed by atoms with Crippen LogP contribution in [0.4, 0.5) is 10.1 Å². The van der Waals surface area contributed by atoms with E-state index in [2.05, 4.69) is 30.4 Å². The predicted molar refractivity (Wildman–Crippen MR) is 72.5 cm³/mol. The molecule has 18 heavy (non-hydrogen) atoms. The molecule has 92 valence electrons. The van der Waals surface area contributed by atoms with Crippen LogP contribution in [-0.4, -0.2) is 6.54 Å². The van der Waals surface area contributed by atoms with Crippen molar-refractivity contribution < 1.29 is 4.39 Å². The Hall–Kier alpha value is -1.83. The lowest BCUT2D eigenvalue weighted by molar-refractivity contribution is 0.625. The minimum Gasteiger partial charge on any atom is -0.385 e. The van der Waals surface area contributed by atoms with Crippen LogP contribution < -0.4 is 5.32 Å². The molecular weight excluding hydrogens is 225 g/mol. The first-order valence-corrected chi connectivity index (χ1v) is 6.34. The zero-order valence-electron chi connectivity index (χ0n) is 10.4. The maximum Gasteiger partial charge on any atom is 0.123 e. The highest BCUT2D eigenvalue weighted by molar-refractivity contribution is 5.58. The summed E-state index contributed by atoms with van der Waals surface area (Å²) >= 11 is 0. The molecule has 1 aliphatic heterocycles. The van der Waals surface area contributed by atoms with Crippen LogP contribution in [0.2, 0.25) is 0 Å². The largest absolute Gasteiger partial charge is 0.385 e. The Morgan fingerprint density at radius 3 is 2.67 bits per heavy atom. The lowest BCUT2D eigenvalue weighted by Crippen LogP contribution is -2.17. The van der Waals surface area contributed by atoms with Gasteiger partial charge < -0.3 is 5.32 Å². The molecule has 0 aromatic heterocycles. The molecule has 1 atom stereocenters. The van der Waals surface area contributed by atoms with E-state index in [9.17, 15) is 4.39 Å². The molecule has 1 unspecified atom stereocenters. The van der Waals surface area contributed by atoms with Crippen LogP contribution in [0.25, 0.3) is 0 Å². The van der Waals surface area contributed by atoms with Gasteiger partial charge in [-0.05, 0) is 48.2 Å². The third kappa shape index (κ3) is 1.99. The maximum absolute atomic E-state index is 13.0. The molecule has 1 aliphatic rings. The van der Waals surface area contributed by atoms with E-state index < -0.39 is 0 Å². The zero-order valence-corrected chi connectivity index (χ0v) is 10.4. The Kier molecular flexibility index (Phi) is 2.78. The summed E-state index contributed by atoms with van der Waals surface area (Å²) < 4.78 is 13.0. The van der Waals surface area contributed by atoms with Crippen molar-refractivity contribution in [2.75, 3.05) is 11.9 Å². The molecule has 2 aromatic rings. The number of nitrogens with one attached hydrogen (secondary N) is 1. The number of rotatable bonds is 1. The molecular formula is C16H16FN. The maximum atomic E-state index is 13.0. The lowest BCUT2D eigenvalue weighted by atomic mass is 9.85. The number of fused-ring (bicyclic) bond motifs is 1. The monoisotopic (exact) mass is 241 g/mol. The Morgan fingerprint density at radius 2 is 1.89 bits per heavy atom. The van der Waals surface area contributed by atoms with Crippen molar-refractivity contribution in [3.63, 3.8) is 0 Å². The predicted octanol–water partition coefficient (Wildman–Crippen LogP) is 4.08. The Bertz CT molecular complexity index is 560. The Balaban J connectivity index is 2.03. The zero-order chi connectivity index (χ0) is 12.5. The highest BCUT2D eigenvalue weighted by atomic mass is 19.1. The highest BCUT2D eigenvalue weighted by Gasteiger charge is 2.21. The molecule has 1 heterocycles. The molecule has 0 bridgehead atoms. The molecule has 0 saturated carbocycles. The third-order valence-electron chi connectivity index (χ3n) is 3.61. The average molecular weight is 241 g/mol. The minimum absolute atomic E-state index is 0.170. The molecule has 2 heteroatoms. The summed E-state index contributed by atoms with van der Waals surface area (Å²) in [5.74, 6) is 0.208. The summed E-state index contributed by atoms with van der Waals surface area (Å²) in [6.45, 7) is 3.07. The van der Waals surface area contributed by atoms with Gasteiger partial charge in [-0.25, -0.2) is 4.39 Å². The van der Waals surface area contributed by atoms with Gasteiger partial charge in [0.2, 0.25) is 0 Å². The molecule has 0 radical (unpaired) electrons. The van der Waals surface area contributed by atoms with E-state index in [4.69, 9.17) is 0 Å². The summed E-state index contributed by atoms with van der Waals surface area (Å²) in [5, 5.41) is 3.44. The van der Waals surface area contributed by atoms with Crippen LogP contribution in [0.1, 0.15) is 29.0 Å². The summed E-state index contributed by atoms with van der Waals surface area (Å²) in [6.07, 6.45) is 1.06. The molecule has 2 aromatic carbocycles. The van der Waals surface area contributed by atoms with E-state index in [0.717, 1.165) is 13.0 Å².